The van der Waals surface area contributed by atoms with Crippen LogP contribution in [-0.4, -0.2) is 27.3 Å². The monoisotopic (exact) mass is 325 g/mol. The molecule has 5 heteroatoms. The molecule has 0 bridgehead atoms. The number of aromatic amines is 1. The van der Waals surface area contributed by atoms with Gasteiger partial charge in [-0.2, -0.15) is 0 Å². The number of hydrogen-bond donors (Lipinski definition) is 1. The summed E-state index contributed by atoms with van der Waals surface area (Å²) < 4.78 is 0. The van der Waals surface area contributed by atoms with Crippen molar-refractivity contribution < 1.29 is 4.79 Å². The molecule has 1 fully saturated rings. The summed E-state index contributed by atoms with van der Waals surface area (Å²) >= 11 is 6.44. The number of rotatable bonds is 2. The predicted molar refractivity (Wildman–Crippen MR) is 90.6 cm³/mol. The minimum absolute atomic E-state index is 0.0366. The quantitative estimate of drug-likeness (QED) is 0.768. The van der Waals surface area contributed by atoms with Crippen LogP contribution in [0.4, 0.5) is 0 Å². The second kappa shape index (κ2) is 5.70. The van der Waals surface area contributed by atoms with E-state index >= 15 is 0 Å². The lowest BCUT2D eigenvalue weighted by atomic mass is 10.1. The summed E-state index contributed by atoms with van der Waals surface area (Å²) in [6.45, 7) is 0.748. The fourth-order valence-electron chi connectivity index (χ4n) is 3.34. The summed E-state index contributed by atoms with van der Waals surface area (Å²) in [4.78, 5) is 22.2. The molecule has 4 nitrogen and oxygen atoms in total. The van der Waals surface area contributed by atoms with Crippen molar-refractivity contribution in [3.05, 3.63) is 65.1 Å². The number of benzene rings is 1. The molecule has 1 atom stereocenters. The highest BCUT2D eigenvalue weighted by Crippen LogP contribution is 2.35. The number of amides is 1. The molecule has 0 aliphatic carbocycles. The summed E-state index contributed by atoms with van der Waals surface area (Å²) in [5.74, 6) is -0.0366. The molecule has 1 aromatic carbocycles. The van der Waals surface area contributed by atoms with Crippen molar-refractivity contribution in [2.45, 2.75) is 18.9 Å². The minimum atomic E-state index is -0.0366. The van der Waals surface area contributed by atoms with Crippen molar-refractivity contribution in [2.75, 3.05) is 6.54 Å². The molecule has 0 saturated carbocycles. The number of nitrogens with one attached hydrogen (secondary N) is 1. The highest BCUT2D eigenvalue weighted by atomic mass is 35.5. The van der Waals surface area contributed by atoms with Gasteiger partial charge in [-0.3, -0.25) is 9.78 Å². The van der Waals surface area contributed by atoms with Crippen LogP contribution in [0.25, 0.3) is 10.9 Å². The number of para-hydroxylation sites is 1. The number of nitrogens with zero attached hydrogens (tertiary/aromatic N) is 2. The van der Waals surface area contributed by atoms with Gasteiger partial charge in [0.15, 0.2) is 0 Å². The van der Waals surface area contributed by atoms with E-state index in [1.807, 2.05) is 41.3 Å². The zero-order valence-electron chi connectivity index (χ0n) is 12.5. The maximum Gasteiger partial charge on any atom is 0.272 e. The Morgan fingerprint density at radius 1 is 1.22 bits per heavy atom. The molecule has 2 aromatic heterocycles. The van der Waals surface area contributed by atoms with Gasteiger partial charge in [-0.25, -0.2) is 0 Å². The standard InChI is InChI=1S/C18H16ClN3O/c19-16-13-4-1-2-5-14(13)21-17(16)18(23)22-11-3-6-15(22)12-7-9-20-10-8-12/h1-2,4-5,7-10,15,21H,3,6,11H2/t15-/m0/s1. The number of carbonyl (C=O) groups excluding carboxylic acids is 1. The Balaban J connectivity index is 1.71. The van der Waals surface area contributed by atoms with Crippen molar-refractivity contribution >= 4 is 28.4 Å². The Bertz CT molecular complexity index is 859. The molecule has 1 amide bonds. The molecule has 1 aliphatic heterocycles. The lowest BCUT2D eigenvalue weighted by Crippen LogP contribution is -2.31. The van der Waals surface area contributed by atoms with Gasteiger partial charge in [0.05, 0.1) is 11.1 Å². The van der Waals surface area contributed by atoms with E-state index in [4.69, 9.17) is 11.6 Å². The van der Waals surface area contributed by atoms with Gasteiger partial charge in [-0.15, -0.1) is 0 Å². The smallest absolute Gasteiger partial charge is 0.272 e. The van der Waals surface area contributed by atoms with Crippen molar-refractivity contribution in [1.29, 1.82) is 0 Å². The first-order valence-corrected chi connectivity index (χ1v) is 8.10. The van der Waals surface area contributed by atoms with Crippen LogP contribution in [0.15, 0.2) is 48.8 Å². The number of aromatic nitrogens is 2. The number of H-pyrrole nitrogens is 1. The second-order valence-electron chi connectivity index (χ2n) is 5.80. The normalized spacial score (nSPS) is 17.8. The number of pyridine rings is 1. The average Bonchev–Trinajstić information content (AvgIpc) is 3.21. The van der Waals surface area contributed by atoms with Gasteiger partial charge >= 0.3 is 0 Å². The maximum absolute atomic E-state index is 13.0. The van der Waals surface area contributed by atoms with E-state index < -0.39 is 0 Å². The molecule has 1 N–H and O–H groups in total. The van der Waals surface area contributed by atoms with Crippen LogP contribution in [0.1, 0.15) is 34.9 Å². The van der Waals surface area contributed by atoms with Gasteiger partial charge in [-0.05, 0) is 36.6 Å². The van der Waals surface area contributed by atoms with E-state index in [1.54, 1.807) is 12.4 Å². The summed E-state index contributed by atoms with van der Waals surface area (Å²) in [5, 5.41) is 1.39. The molecule has 0 unspecified atom stereocenters. The van der Waals surface area contributed by atoms with Crippen LogP contribution in [-0.2, 0) is 0 Å². The molecule has 0 radical (unpaired) electrons. The zero-order chi connectivity index (χ0) is 15.8. The Morgan fingerprint density at radius 3 is 2.78 bits per heavy atom. The SMILES string of the molecule is O=C(c1[nH]c2ccccc2c1Cl)N1CCC[C@H]1c1ccncc1. The van der Waals surface area contributed by atoms with E-state index in [0.29, 0.717) is 10.7 Å². The summed E-state index contributed by atoms with van der Waals surface area (Å²) in [6.07, 6.45) is 5.50. The Morgan fingerprint density at radius 2 is 2.00 bits per heavy atom. The summed E-state index contributed by atoms with van der Waals surface area (Å²) in [6, 6.07) is 11.8. The maximum atomic E-state index is 13.0. The predicted octanol–water partition coefficient (Wildman–Crippen LogP) is 4.19. The molecule has 3 heterocycles. The fourth-order valence-corrected chi connectivity index (χ4v) is 3.63. The third kappa shape index (κ3) is 2.39. The fraction of sp³-hybridized carbons (Fsp3) is 0.222. The van der Waals surface area contributed by atoms with Gasteiger partial charge in [0.1, 0.15) is 5.69 Å². The number of likely N-dealkylation sites (tertiary alicyclic amines) is 1. The lowest BCUT2D eigenvalue weighted by Gasteiger charge is -2.24. The van der Waals surface area contributed by atoms with Crippen LogP contribution in [0.5, 0.6) is 0 Å². The van der Waals surface area contributed by atoms with Gasteiger partial charge < -0.3 is 9.88 Å². The van der Waals surface area contributed by atoms with Crippen LogP contribution < -0.4 is 0 Å². The molecule has 1 saturated heterocycles. The van der Waals surface area contributed by atoms with Crippen molar-refractivity contribution in [3.8, 4) is 0 Å². The minimum Gasteiger partial charge on any atom is -0.349 e. The number of fused-ring (bicyclic) bond motifs is 1. The molecule has 116 valence electrons. The van der Waals surface area contributed by atoms with Gasteiger partial charge in [0.25, 0.3) is 5.91 Å². The zero-order valence-corrected chi connectivity index (χ0v) is 13.3. The van der Waals surface area contributed by atoms with E-state index in [0.717, 1.165) is 35.9 Å². The first-order valence-electron chi connectivity index (χ1n) is 7.73. The van der Waals surface area contributed by atoms with Crippen LogP contribution in [0.2, 0.25) is 5.02 Å². The summed E-state index contributed by atoms with van der Waals surface area (Å²) in [5.41, 5.74) is 2.49. The second-order valence-corrected chi connectivity index (χ2v) is 6.17. The lowest BCUT2D eigenvalue weighted by molar-refractivity contribution is 0.0731. The van der Waals surface area contributed by atoms with Crippen molar-refractivity contribution in [1.82, 2.24) is 14.9 Å². The van der Waals surface area contributed by atoms with E-state index in [9.17, 15) is 4.79 Å². The Labute approximate surface area is 139 Å². The molecule has 0 spiro atoms. The van der Waals surface area contributed by atoms with Crippen LogP contribution in [0, 0.1) is 0 Å². The molecule has 23 heavy (non-hydrogen) atoms. The van der Waals surface area contributed by atoms with E-state index in [2.05, 4.69) is 9.97 Å². The third-order valence-electron chi connectivity index (χ3n) is 4.46. The largest absolute Gasteiger partial charge is 0.349 e. The van der Waals surface area contributed by atoms with E-state index in [1.165, 1.54) is 0 Å². The Hall–Kier alpha value is -2.33. The van der Waals surface area contributed by atoms with Crippen molar-refractivity contribution in [2.24, 2.45) is 0 Å². The first kappa shape index (κ1) is 14.3. The van der Waals surface area contributed by atoms with Crippen LogP contribution in [0.3, 0.4) is 0 Å². The Kier molecular flexibility index (Phi) is 3.54. The summed E-state index contributed by atoms with van der Waals surface area (Å²) in [7, 11) is 0. The molecule has 4 rings (SSSR count). The molecule has 1 aliphatic rings. The highest BCUT2D eigenvalue weighted by molar-refractivity contribution is 6.38. The first-order chi connectivity index (χ1) is 11.3. The number of carbonyl (C=O) groups is 1. The number of hydrogen-bond acceptors (Lipinski definition) is 2. The third-order valence-corrected chi connectivity index (χ3v) is 4.85. The van der Waals surface area contributed by atoms with E-state index in [-0.39, 0.29) is 11.9 Å². The van der Waals surface area contributed by atoms with Gasteiger partial charge in [-0.1, -0.05) is 29.8 Å². The number of halogens is 1. The highest BCUT2D eigenvalue weighted by Gasteiger charge is 2.32. The average molecular weight is 326 g/mol. The van der Waals surface area contributed by atoms with Crippen LogP contribution >= 0.6 is 11.6 Å². The molecular weight excluding hydrogens is 310 g/mol. The van der Waals surface area contributed by atoms with Gasteiger partial charge in [0.2, 0.25) is 0 Å². The van der Waals surface area contributed by atoms with Crippen molar-refractivity contribution in [3.63, 3.8) is 0 Å². The van der Waals surface area contributed by atoms with Gasteiger partial charge in [0, 0.05) is 29.8 Å². The topological polar surface area (TPSA) is 49.0 Å². The molecular formula is C18H16ClN3O. The molecule has 3 aromatic rings.